The Labute approximate surface area is 124 Å². The molecule has 0 heterocycles. The van der Waals surface area contributed by atoms with Gasteiger partial charge in [-0.15, -0.1) is 0 Å². The third-order valence-corrected chi connectivity index (χ3v) is 3.92. The molecular weight excluding hydrogens is 274 g/mol. The molecule has 0 atom stereocenters. The van der Waals surface area contributed by atoms with Crippen molar-refractivity contribution in [3.63, 3.8) is 0 Å². The van der Waals surface area contributed by atoms with Gasteiger partial charge < -0.3 is 15.2 Å². The van der Waals surface area contributed by atoms with Gasteiger partial charge in [-0.1, -0.05) is 12.1 Å². The third-order valence-electron chi connectivity index (χ3n) is 2.85. The fourth-order valence-electron chi connectivity index (χ4n) is 1.75. The topological polar surface area (TPSA) is 58.6 Å². The zero-order valence-corrected chi connectivity index (χ0v) is 13.0. The number of amides is 1. The van der Waals surface area contributed by atoms with E-state index in [0.29, 0.717) is 13.0 Å². The van der Waals surface area contributed by atoms with Gasteiger partial charge in [-0.3, -0.25) is 4.79 Å². The van der Waals surface area contributed by atoms with E-state index in [4.69, 9.17) is 9.84 Å². The smallest absolute Gasteiger partial charge is 0.224 e. The van der Waals surface area contributed by atoms with Gasteiger partial charge in [0, 0.05) is 18.9 Å². The minimum atomic E-state index is 0.0265. The lowest BCUT2D eigenvalue weighted by Crippen LogP contribution is -2.27. The number of thioether (sulfide) groups is 1. The Hall–Kier alpha value is -1.20. The van der Waals surface area contributed by atoms with Gasteiger partial charge in [-0.25, -0.2) is 0 Å². The summed E-state index contributed by atoms with van der Waals surface area (Å²) in [7, 11) is 1.63. The minimum Gasteiger partial charge on any atom is -0.496 e. The largest absolute Gasteiger partial charge is 0.496 e. The molecule has 0 aliphatic rings. The number of benzene rings is 1. The van der Waals surface area contributed by atoms with Crippen molar-refractivity contribution >= 4 is 17.7 Å². The molecule has 2 N–H and O–H groups in total. The molecule has 0 aliphatic carbocycles. The molecule has 0 radical (unpaired) electrons. The van der Waals surface area contributed by atoms with Gasteiger partial charge in [0.2, 0.25) is 5.91 Å². The average Bonchev–Trinajstić information content (AvgIpc) is 2.44. The SMILES string of the molecule is COc1cc(CC(=O)NCCSCCCO)ccc1C. The van der Waals surface area contributed by atoms with Crippen LogP contribution in [0.5, 0.6) is 5.75 Å². The quantitative estimate of drug-likeness (QED) is 0.682. The Morgan fingerprint density at radius 1 is 1.40 bits per heavy atom. The molecule has 1 rings (SSSR count). The first kappa shape index (κ1) is 16.9. The van der Waals surface area contributed by atoms with Crippen LogP contribution in [-0.2, 0) is 11.2 Å². The number of aliphatic hydroxyl groups is 1. The number of aliphatic hydroxyl groups excluding tert-OH is 1. The van der Waals surface area contributed by atoms with Gasteiger partial charge in [0.1, 0.15) is 5.75 Å². The molecule has 0 aliphatic heterocycles. The first-order valence-corrected chi connectivity index (χ1v) is 7.91. The van der Waals surface area contributed by atoms with Gasteiger partial charge in [0.25, 0.3) is 0 Å². The van der Waals surface area contributed by atoms with Crippen LogP contribution in [0, 0.1) is 6.92 Å². The fraction of sp³-hybridized carbons (Fsp3) is 0.533. The van der Waals surface area contributed by atoms with E-state index in [1.807, 2.05) is 25.1 Å². The molecule has 0 spiro atoms. The molecule has 0 bridgehead atoms. The highest BCUT2D eigenvalue weighted by molar-refractivity contribution is 7.99. The number of ether oxygens (including phenoxy) is 1. The van der Waals surface area contributed by atoms with Crippen LogP contribution in [0.4, 0.5) is 0 Å². The Balaban J connectivity index is 2.28. The molecule has 0 saturated carbocycles. The van der Waals surface area contributed by atoms with E-state index in [0.717, 1.165) is 34.8 Å². The zero-order valence-electron chi connectivity index (χ0n) is 12.1. The summed E-state index contributed by atoms with van der Waals surface area (Å²) in [5.41, 5.74) is 2.02. The number of hydrogen-bond donors (Lipinski definition) is 2. The number of carbonyl (C=O) groups is 1. The summed E-state index contributed by atoms with van der Waals surface area (Å²) in [6, 6.07) is 5.82. The molecule has 1 aromatic rings. The van der Waals surface area contributed by atoms with Gasteiger partial charge >= 0.3 is 0 Å². The second-order valence-corrected chi connectivity index (χ2v) is 5.74. The van der Waals surface area contributed by atoms with Gasteiger partial charge in [0.05, 0.1) is 13.5 Å². The normalized spacial score (nSPS) is 10.3. The molecule has 0 aromatic heterocycles. The van der Waals surface area contributed by atoms with E-state index in [1.165, 1.54) is 0 Å². The van der Waals surface area contributed by atoms with Crippen LogP contribution in [0.2, 0.25) is 0 Å². The number of nitrogens with one attached hydrogen (secondary N) is 1. The van der Waals surface area contributed by atoms with Crippen molar-refractivity contribution in [2.75, 3.05) is 31.8 Å². The lowest BCUT2D eigenvalue weighted by atomic mass is 10.1. The standard InChI is InChI=1S/C15H23NO3S/c1-12-4-5-13(10-14(12)19-2)11-15(18)16-6-9-20-8-3-7-17/h4-5,10,17H,3,6-9,11H2,1-2H3,(H,16,18). The predicted octanol–water partition coefficient (Wildman–Crippen LogP) is 1.78. The van der Waals surface area contributed by atoms with Crippen molar-refractivity contribution in [3.05, 3.63) is 29.3 Å². The summed E-state index contributed by atoms with van der Waals surface area (Å²) < 4.78 is 5.25. The summed E-state index contributed by atoms with van der Waals surface area (Å²) in [6.07, 6.45) is 1.18. The van der Waals surface area contributed by atoms with E-state index >= 15 is 0 Å². The molecule has 1 amide bonds. The maximum absolute atomic E-state index is 11.8. The Morgan fingerprint density at radius 3 is 2.90 bits per heavy atom. The van der Waals surface area contributed by atoms with Crippen LogP contribution in [0.15, 0.2) is 18.2 Å². The van der Waals surface area contributed by atoms with Crippen molar-refractivity contribution < 1.29 is 14.6 Å². The van der Waals surface area contributed by atoms with Gasteiger partial charge in [0.15, 0.2) is 0 Å². The van der Waals surface area contributed by atoms with E-state index in [2.05, 4.69) is 5.32 Å². The zero-order chi connectivity index (χ0) is 14.8. The summed E-state index contributed by atoms with van der Waals surface area (Å²) in [6.45, 7) is 2.87. The van der Waals surface area contributed by atoms with Crippen molar-refractivity contribution in [2.45, 2.75) is 19.8 Å². The molecular formula is C15H23NO3S. The molecule has 0 saturated heterocycles. The number of hydrogen-bond acceptors (Lipinski definition) is 4. The van der Waals surface area contributed by atoms with E-state index in [9.17, 15) is 4.79 Å². The van der Waals surface area contributed by atoms with Crippen LogP contribution < -0.4 is 10.1 Å². The molecule has 4 nitrogen and oxygen atoms in total. The second-order valence-electron chi connectivity index (χ2n) is 4.52. The highest BCUT2D eigenvalue weighted by Crippen LogP contribution is 2.19. The molecule has 0 unspecified atom stereocenters. The maximum Gasteiger partial charge on any atom is 0.224 e. The van der Waals surface area contributed by atoms with Crippen LogP contribution in [0.3, 0.4) is 0 Å². The van der Waals surface area contributed by atoms with Crippen LogP contribution in [0.25, 0.3) is 0 Å². The summed E-state index contributed by atoms with van der Waals surface area (Å²) in [5, 5.41) is 11.5. The first-order valence-electron chi connectivity index (χ1n) is 6.76. The van der Waals surface area contributed by atoms with Crippen LogP contribution in [0.1, 0.15) is 17.5 Å². The number of rotatable bonds is 9. The summed E-state index contributed by atoms with van der Waals surface area (Å²) >= 11 is 1.74. The van der Waals surface area contributed by atoms with E-state index in [1.54, 1.807) is 18.9 Å². The molecule has 5 heteroatoms. The van der Waals surface area contributed by atoms with Crippen LogP contribution >= 0.6 is 11.8 Å². The van der Waals surface area contributed by atoms with E-state index in [-0.39, 0.29) is 12.5 Å². The Morgan fingerprint density at radius 2 is 2.20 bits per heavy atom. The molecule has 20 heavy (non-hydrogen) atoms. The monoisotopic (exact) mass is 297 g/mol. The summed E-state index contributed by atoms with van der Waals surface area (Å²) in [5.74, 6) is 2.65. The van der Waals surface area contributed by atoms with Crippen molar-refractivity contribution in [3.8, 4) is 5.75 Å². The number of methoxy groups -OCH3 is 1. The first-order chi connectivity index (χ1) is 9.67. The lowest BCUT2D eigenvalue weighted by molar-refractivity contribution is -0.120. The second kappa shape index (κ2) is 9.66. The Kier molecular flexibility index (Phi) is 8.14. The van der Waals surface area contributed by atoms with Crippen molar-refractivity contribution in [2.24, 2.45) is 0 Å². The van der Waals surface area contributed by atoms with Crippen LogP contribution in [-0.4, -0.2) is 42.8 Å². The molecule has 0 fully saturated rings. The maximum atomic E-state index is 11.8. The molecule has 1 aromatic carbocycles. The lowest BCUT2D eigenvalue weighted by Gasteiger charge is -2.08. The van der Waals surface area contributed by atoms with Crippen molar-refractivity contribution in [1.29, 1.82) is 0 Å². The predicted molar refractivity (Wildman–Crippen MR) is 83.5 cm³/mol. The number of aryl methyl sites for hydroxylation is 1. The Bertz CT molecular complexity index is 424. The van der Waals surface area contributed by atoms with Gasteiger partial charge in [-0.05, 0) is 36.3 Å². The third kappa shape index (κ3) is 6.30. The summed E-state index contributed by atoms with van der Waals surface area (Å²) in [4.78, 5) is 11.8. The molecule has 112 valence electrons. The average molecular weight is 297 g/mol. The fourth-order valence-corrected chi connectivity index (χ4v) is 2.54. The minimum absolute atomic E-state index is 0.0265. The van der Waals surface area contributed by atoms with Gasteiger partial charge in [-0.2, -0.15) is 11.8 Å². The van der Waals surface area contributed by atoms with E-state index < -0.39 is 0 Å². The number of carbonyl (C=O) groups excluding carboxylic acids is 1. The highest BCUT2D eigenvalue weighted by Gasteiger charge is 2.05. The highest BCUT2D eigenvalue weighted by atomic mass is 32.2. The van der Waals surface area contributed by atoms with Crippen molar-refractivity contribution in [1.82, 2.24) is 5.32 Å².